The van der Waals surface area contributed by atoms with Crippen LogP contribution in [0.4, 0.5) is 8.78 Å². The number of carbonyl (C=O) groups is 1. The molecule has 0 saturated heterocycles. The SMILES string of the molecule is O=C(CCCc1ccccc1)NCC(O)c1c(F)cccc1F. The van der Waals surface area contributed by atoms with E-state index in [2.05, 4.69) is 5.32 Å². The number of hydrogen-bond acceptors (Lipinski definition) is 2. The van der Waals surface area contributed by atoms with Gasteiger partial charge >= 0.3 is 0 Å². The molecule has 122 valence electrons. The van der Waals surface area contributed by atoms with Gasteiger partial charge in [0.15, 0.2) is 0 Å². The van der Waals surface area contributed by atoms with Gasteiger partial charge in [-0.1, -0.05) is 36.4 Å². The van der Waals surface area contributed by atoms with Crippen LogP contribution in [0.5, 0.6) is 0 Å². The van der Waals surface area contributed by atoms with Crippen molar-refractivity contribution in [1.29, 1.82) is 0 Å². The second kappa shape index (κ2) is 8.39. The van der Waals surface area contributed by atoms with Gasteiger partial charge in [0, 0.05) is 13.0 Å². The minimum atomic E-state index is -1.41. The van der Waals surface area contributed by atoms with Crippen LogP contribution in [-0.4, -0.2) is 17.6 Å². The van der Waals surface area contributed by atoms with Crippen LogP contribution in [0.2, 0.25) is 0 Å². The summed E-state index contributed by atoms with van der Waals surface area (Å²) in [7, 11) is 0. The van der Waals surface area contributed by atoms with Crippen molar-refractivity contribution >= 4 is 5.91 Å². The topological polar surface area (TPSA) is 49.3 Å². The van der Waals surface area contributed by atoms with Crippen molar-refractivity contribution in [3.05, 3.63) is 71.3 Å². The van der Waals surface area contributed by atoms with Gasteiger partial charge in [-0.15, -0.1) is 0 Å². The normalized spacial score (nSPS) is 12.0. The van der Waals surface area contributed by atoms with E-state index in [1.807, 2.05) is 30.3 Å². The summed E-state index contributed by atoms with van der Waals surface area (Å²) in [5, 5.41) is 12.3. The molecule has 0 aliphatic heterocycles. The maximum atomic E-state index is 13.5. The number of halogens is 2. The average Bonchev–Trinajstić information content (AvgIpc) is 2.54. The number of aliphatic hydroxyl groups excluding tert-OH is 1. The highest BCUT2D eigenvalue weighted by Crippen LogP contribution is 2.19. The lowest BCUT2D eigenvalue weighted by Crippen LogP contribution is -2.29. The molecule has 2 aromatic carbocycles. The summed E-state index contributed by atoms with van der Waals surface area (Å²) in [5.41, 5.74) is 0.728. The fourth-order valence-corrected chi connectivity index (χ4v) is 2.33. The van der Waals surface area contributed by atoms with Crippen LogP contribution < -0.4 is 5.32 Å². The summed E-state index contributed by atoms with van der Waals surface area (Å²) >= 11 is 0. The summed E-state index contributed by atoms with van der Waals surface area (Å²) in [6.45, 7) is -0.220. The molecule has 3 nitrogen and oxygen atoms in total. The molecule has 1 atom stereocenters. The lowest BCUT2D eigenvalue weighted by atomic mass is 10.1. The highest BCUT2D eigenvalue weighted by atomic mass is 19.1. The maximum absolute atomic E-state index is 13.5. The lowest BCUT2D eigenvalue weighted by molar-refractivity contribution is -0.121. The number of carbonyl (C=O) groups excluding carboxylic acids is 1. The molecular formula is C18H19F2NO2. The van der Waals surface area contributed by atoms with Gasteiger partial charge in [0.25, 0.3) is 0 Å². The summed E-state index contributed by atoms with van der Waals surface area (Å²) in [6, 6.07) is 13.2. The third-order valence-electron chi connectivity index (χ3n) is 3.54. The standard InChI is InChI=1S/C18H19F2NO2/c19-14-9-5-10-15(20)18(14)16(22)12-21-17(23)11-4-8-13-6-2-1-3-7-13/h1-3,5-7,9-10,16,22H,4,8,11-12H2,(H,21,23). The Labute approximate surface area is 134 Å². The first-order chi connectivity index (χ1) is 11.1. The molecule has 1 amide bonds. The van der Waals surface area contributed by atoms with E-state index < -0.39 is 23.3 Å². The van der Waals surface area contributed by atoms with Crippen molar-refractivity contribution in [3.8, 4) is 0 Å². The lowest BCUT2D eigenvalue weighted by Gasteiger charge is -2.14. The highest BCUT2D eigenvalue weighted by Gasteiger charge is 2.18. The summed E-state index contributed by atoms with van der Waals surface area (Å²) < 4.78 is 27.0. The molecule has 0 bridgehead atoms. The van der Waals surface area contributed by atoms with Crippen molar-refractivity contribution in [2.45, 2.75) is 25.4 Å². The number of aliphatic hydroxyl groups is 1. The Morgan fingerprint density at radius 1 is 1.04 bits per heavy atom. The van der Waals surface area contributed by atoms with Crippen molar-refractivity contribution in [3.63, 3.8) is 0 Å². The van der Waals surface area contributed by atoms with E-state index >= 15 is 0 Å². The van der Waals surface area contributed by atoms with E-state index in [1.54, 1.807) is 0 Å². The molecule has 1 unspecified atom stereocenters. The van der Waals surface area contributed by atoms with E-state index in [1.165, 1.54) is 6.07 Å². The van der Waals surface area contributed by atoms with Crippen molar-refractivity contribution in [2.75, 3.05) is 6.54 Å². The molecule has 2 aromatic rings. The number of hydrogen-bond donors (Lipinski definition) is 2. The Morgan fingerprint density at radius 3 is 2.35 bits per heavy atom. The van der Waals surface area contributed by atoms with Gasteiger partial charge in [0.1, 0.15) is 17.7 Å². The van der Waals surface area contributed by atoms with Gasteiger partial charge in [0.2, 0.25) is 5.91 Å². The second-order valence-corrected chi connectivity index (χ2v) is 5.29. The number of benzene rings is 2. The van der Waals surface area contributed by atoms with E-state index in [-0.39, 0.29) is 12.5 Å². The van der Waals surface area contributed by atoms with Crippen LogP contribution in [0.25, 0.3) is 0 Å². The third-order valence-corrected chi connectivity index (χ3v) is 3.54. The van der Waals surface area contributed by atoms with Gasteiger partial charge in [-0.25, -0.2) is 8.78 Å². The fourth-order valence-electron chi connectivity index (χ4n) is 2.33. The van der Waals surface area contributed by atoms with Crippen LogP contribution in [-0.2, 0) is 11.2 Å². The zero-order chi connectivity index (χ0) is 16.7. The molecule has 0 saturated carbocycles. The minimum absolute atomic E-state index is 0.220. The molecule has 2 N–H and O–H groups in total. The van der Waals surface area contributed by atoms with Gasteiger partial charge in [-0.3, -0.25) is 4.79 Å². The summed E-state index contributed by atoms with van der Waals surface area (Å²) in [4.78, 5) is 11.7. The van der Waals surface area contributed by atoms with E-state index in [0.717, 1.165) is 24.1 Å². The summed E-state index contributed by atoms with van der Waals surface area (Å²) in [6.07, 6.45) is 0.328. The molecule has 2 rings (SSSR count). The highest BCUT2D eigenvalue weighted by molar-refractivity contribution is 5.75. The van der Waals surface area contributed by atoms with Gasteiger partial charge in [-0.05, 0) is 30.5 Å². The Morgan fingerprint density at radius 2 is 1.70 bits per heavy atom. The molecule has 0 aliphatic rings. The number of aryl methyl sites for hydroxylation is 1. The van der Waals surface area contributed by atoms with E-state index in [4.69, 9.17) is 0 Å². The Hall–Kier alpha value is -2.27. The second-order valence-electron chi connectivity index (χ2n) is 5.29. The van der Waals surface area contributed by atoms with Gasteiger partial charge < -0.3 is 10.4 Å². The van der Waals surface area contributed by atoms with E-state index in [9.17, 15) is 18.7 Å². The largest absolute Gasteiger partial charge is 0.386 e. The van der Waals surface area contributed by atoms with Crippen molar-refractivity contribution < 1.29 is 18.7 Å². The molecule has 0 aliphatic carbocycles. The minimum Gasteiger partial charge on any atom is -0.386 e. The van der Waals surface area contributed by atoms with Crippen LogP contribution >= 0.6 is 0 Å². The Bertz CT molecular complexity index is 626. The molecular weight excluding hydrogens is 300 g/mol. The first-order valence-corrected chi connectivity index (χ1v) is 7.50. The smallest absolute Gasteiger partial charge is 0.220 e. The predicted octanol–water partition coefficient (Wildman–Crippen LogP) is 3.14. The quantitative estimate of drug-likeness (QED) is 0.824. The monoisotopic (exact) mass is 319 g/mol. The van der Waals surface area contributed by atoms with Crippen LogP contribution in [0.3, 0.4) is 0 Å². The van der Waals surface area contributed by atoms with E-state index in [0.29, 0.717) is 12.8 Å². The predicted molar refractivity (Wildman–Crippen MR) is 83.7 cm³/mol. The molecule has 0 aromatic heterocycles. The molecule has 5 heteroatoms. The molecule has 0 radical (unpaired) electrons. The number of rotatable bonds is 7. The average molecular weight is 319 g/mol. The van der Waals surface area contributed by atoms with Crippen molar-refractivity contribution in [2.24, 2.45) is 0 Å². The third kappa shape index (κ3) is 5.14. The molecule has 23 heavy (non-hydrogen) atoms. The van der Waals surface area contributed by atoms with Crippen molar-refractivity contribution in [1.82, 2.24) is 5.32 Å². The first-order valence-electron chi connectivity index (χ1n) is 7.50. The zero-order valence-corrected chi connectivity index (χ0v) is 12.6. The molecule has 0 heterocycles. The number of amides is 1. The fraction of sp³-hybridized carbons (Fsp3) is 0.278. The summed E-state index contributed by atoms with van der Waals surface area (Å²) in [5.74, 6) is -1.90. The first kappa shape index (κ1) is 17.1. The zero-order valence-electron chi connectivity index (χ0n) is 12.6. The Kier molecular flexibility index (Phi) is 6.23. The molecule has 0 spiro atoms. The molecule has 0 fully saturated rings. The Balaban J connectivity index is 1.76. The number of nitrogens with one attached hydrogen (secondary N) is 1. The van der Waals surface area contributed by atoms with Crippen LogP contribution in [0.1, 0.15) is 30.1 Å². The van der Waals surface area contributed by atoms with Gasteiger partial charge in [0.05, 0.1) is 5.56 Å². The van der Waals surface area contributed by atoms with Crippen LogP contribution in [0.15, 0.2) is 48.5 Å². The van der Waals surface area contributed by atoms with Gasteiger partial charge in [-0.2, -0.15) is 0 Å². The maximum Gasteiger partial charge on any atom is 0.220 e. The van der Waals surface area contributed by atoms with Crippen LogP contribution in [0, 0.1) is 11.6 Å².